The lowest BCUT2D eigenvalue weighted by molar-refractivity contribution is -0.0586. The molecule has 2 heterocycles. The minimum atomic E-state index is -3.75. The first kappa shape index (κ1) is 19.9. The summed E-state index contributed by atoms with van der Waals surface area (Å²) in [6.07, 6.45) is 1.45. The third-order valence-corrected chi connectivity index (χ3v) is 7.32. The number of carbonyl (C=O) groups is 1. The lowest BCUT2D eigenvalue weighted by atomic mass is 10.1. The van der Waals surface area contributed by atoms with Gasteiger partial charge >= 0.3 is 0 Å². The first-order valence-corrected chi connectivity index (χ1v) is 10.8. The zero-order valence-corrected chi connectivity index (χ0v) is 17.1. The number of amides is 1. The van der Waals surface area contributed by atoms with Gasteiger partial charge < -0.3 is 9.64 Å². The van der Waals surface area contributed by atoms with Crippen molar-refractivity contribution in [2.45, 2.75) is 43.8 Å². The van der Waals surface area contributed by atoms with E-state index in [9.17, 15) is 13.2 Å². The highest BCUT2D eigenvalue weighted by Crippen LogP contribution is 2.33. The SMILES string of the molecule is C[C@H]1CN(C(=O)c2cc(S(=O)(=O)N3CCCC3)c(Cl)cc2Cl)C[C@H](C)O1. The van der Waals surface area contributed by atoms with Crippen LogP contribution in [-0.4, -0.2) is 61.9 Å². The van der Waals surface area contributed by atoms with Gasteiger partial charge in [-0.25, -0.2) is 8.42 Å². The van der Waals surface area contributed by atoms with Crippen LogP contribution in [0.4, 0.5) is 0 Å². The molecule has 1 aromatic rings. The number of ether oxygens (including phenoxy) is 1. The van der Waals surface area contributed by atoms with Crippen molar-refractivity contribution in [3.8, 4) is 0 Å². The van der Waals surface area contributed by atoms with Crippen LogP contribution in [0.3, 0.4) is 0 Å². The lowest BCUT2D eigenvalue weighted by Crippen LogP contribution is -2.48. The number of hydrogen-bond acceptors (Lipinski definition) is 4. The zero-order valence-electron chi connectivity index (χ0n) is 14.7. The highest BCUT2D eigenvalue weighted by atomic mass is 35.5. The molecule has 2 saturated heterocycles. The van der Waals surface area contributed by atoms with Crippen molar-refractivity contribution in [1.82, 2.24) is 9.21 Å². The first-order valence-electron chi connectivity index (χ1n) is 8.64. The summed E-state index contributed by atoms with van der Waals surface area (Å²) in [5, 5.41) is 0.175. The molecule has 1 amide bonds. The average molecular weight is 421 g/mol. The van der Waals surface area contributed by atoms with E-state index < -0.39 is 10.0 Å². The number of rotatable bonds is 3. The molecule has 9 heteroatoms. The van der Waals surface area contributed by atoms with E-state index in [1.54, 1.807) is 4.90 Å². The molecule has 0 aliphatic carbocycles. The van der Waals surface area contributed by atoms with Crippen LogP contribution in [0, 0.1) is 0 Å². The predicted octanol–water partition coefficient (Wildman–Crippen LogP) is 3.03. The van der Waals surface area contributed by atoms with E-state index in [0.717, 1.165) is 12.8 Å². The number of hydrogen-bond donors (Lipinski definition) is 0. The van der Waals surface area contributed by atoms with Crippen molar-refractivity contribution < 1.29 is 17.9 Å². The third kappa shape index (κ3) is 3.87. The van der Waals surface area contributed by atoms with E-state index in [1.807, 2.05) is 13.8 Å². The maximum absolute atomic E-state index is 13.0. The molecule has 6 nitrogen and oxygen atoms in total. The van der Waals surface area contributed by atoms with Crippen molar-refractivity contribution in [3.63, 3.8) is 0 Å². The van der Waals surface area contributed by atoms with Gasteiger partial charge in [-0.3, -0.25) is 4.79 Å². The van der Waals surface area contributed by atoms with E-state index in [4.69, 9.17) is 27.9 Å². The normalized spacial score (nSPS) is 24.8. The Labute approximate surface area is 164 Å². The highest BCUT2D eigenvalue weighted by Gasteiger charge is 2.33. The Morgan fingerprint density at radius 1 is 1.08 bits per heavy atom. The molecule has 2 atom stereocenters. The van der Waals surface area contributed by atoms with Crippen LogP contribution in [-0.2, 0) is 14.8 Å². The Bertz CT molecular complexity index is 799. The molecular weight excluding hydrogens is 399 g/mol. The largest absolute Gasteiger partial charge is 0.372 e. The Morgan fingerprint density at radius 2 is 1.65 bits per heavy atom. The van der Waals surface area contributed by atoms with E-state index in [0.29, 0.717) is 26.2 Å². The summed E-state index contributed by atoms with van der Waals surface area (Å²) in [6.45, 7) is 5.56. The molecule has 0 unspecified atom stereocenters. The van der Waals surface area contributed by atoms with Crippen LogP contribution < -0.4 is 0 Å². The molecule has 3 rings (SSSR count). The number of sulfonamides is 1. The number of halogens is 2. The summed E-state index contributed by atoms with van der Waals surface area (Å²) in [4.78, 5) is 14.5. The minimum absolute atomic E-state index is 0.0298. The molecule has 0 spiro atoms. The van der Waals surface area contributed by atoms with Gasteiger partial charge in [0, 0.05) is 26.2 Å². The van der Waals surface area contributed by atoms with Crippen LogP contribution in [0.25, 0.3) is 0 Å². The van der Waals surface area contributed by atoms with Gasteiger partial charge in [0.25, 0.3) is 5.91 Å². The maximum Gasteiger partial charge on any atom is 0.255 e. The van der Waals surface area contributed by atoms with E-state index in [2.05, 4.69) is 0 Å². The van der Waals surface area contributed by atoms with Crippen molar-refractivity contribution >= 4 is 39.1 Å². The highest BCUT2D eigenvalue weighted by molar-refractivity contribution is 7.89. The van der Waals surface area contributed by atoms with Gasteiger partial charge in [-0.15, -0.1) is 0 Å². The molecule has 26 heavy (non-hydrogen) atoms. The zero-order chi connectivity index (χ0) is 19.1. The topological polar surface area (TPSA) is 66.9 Å². The van der Waals surface area contributed by atoms with Gasteiger partial charge in [-0.2, -0.15) is 4.31 Å². The molecule has 144 valence electrons. The van der Waals surface area contributed by atoms with E-state index >= 15 is 0 Å². The van der Waals surface area contributed by atoms with Gasteiger partial charge in [0.1, 0.15) is 4.90 Å². The number of benzene rings is 1. The van der Waals surface area contributed by atoms with E-state index in [-0.39, 0.29) is 38.6 Å². The van der Waals surface area contributed by atoms with Gasteiger partial charge in [-0.1, -0.05) is 23.2 Å². The van der Waals surface area contributed by atoms with Crippen LogP contribution >= 0.6 is 23.2 Å². The van der Waals surface area contributed by atoms with Crippen molar-refractivity contribution in [3.05, 3.63) is 27.7 Å². The van der Waals surface area contributed by atoms with Crippen LogP contribution in [0.15, 0.2) is 17.0 Å². The second-order valence-electron chi connectivity index (χ2n) is 6.84. The Kier molecular flexibility index (Phi) is 5.84. The van der Waals surface area contributed by atoms with Gasteiger partial charge in [0.2, 0.25) is 10.0 Å². The van der Waals surface area contributed by atoms with Crippen molar-refractivity contribution in [1.29, 1.82) is 0 Å². The fourth-order valence-electron chi connectivity index (χ4n) is 3.47. The number of nitrogens with zero attached hydrogens (tertiary/aromatic N) is 2. The van der Waals surface area contributed by atoms with Crippen LogP contribution in [0.2, 0.25) is 10.0 Å². The summed E-state index contributed by atoms with van der Waals surface area (Å²) in [6, 6.07) is 2.65. The van der Waals surface area contributed by atoms with Gasteiger partial charge in [0.05, 0.1) is 27.8 Å². The van der Waals surface area contributed by atoms with Crippen LogP contribution in [0.1, 0.15) is 37.0 Å². The van der Waals surface area contributed by atoms with Crippen molar-refractivity contribution in [2.24, 2.45) is 0 Å². The van der Waals surface area contributed by atoms with Crippen LogP contribution in [0.5, 0.6) is 0 Å². The summed E-state index contributed by atoms with van der Waals surface area (Å²) in [7, 11) is -3.75. The fraction of sp³-hybridized carbons (Fsp3) is 0.588. The second kappa shape index (κ2) is 7.64. The molecular formula is C17H22Cl2N2O4S. The Morgan fingerprint density at radius 3 is 2.23 bits per heavy atom. The molecule has 2 fully saturated rings. The summed E-state index contributed by atoms with van der Waals surface area (Å²) >= 11 is 12.4. The predicted molar refractivity (Wildman–Crippen MR) is 100 cm³/mol. The fourth-order valence-corrected chi connectivity index (χ4v) is 5.82. The monoisotopic (exact) mass is 420 g/mol. The lowest BCUT2D eigenvalue weighted by Gasteiger charge is -2.35. The minimum Gasteiger partial charge on any atom is -0.372 e. The van der Waals surface area contributed by atoms with Crippen molar-refractivity contribution in [2.75, 3.05) is 26.2 Å². The molecule has 0 aromatic heterocycles. The standard InChI is InChI=1S/C17H22Cl2N2O4S/c1-11-9-20(10-12(2)25-11)17(22)13-7-16(15(19)8-14(13)18)26(23,24)21-5-3-4-6-21/h7-8,11-12H,3-6,9-10H2,1-2H3/t11-,12-/m0/s1. The first-order chi connectivity index (χ1) is 12.2. The smallest absolute Gasteiger partial charge is 0.255 e. The third-order valence-electron chi connectivity index (χ3n) is 4.64. The molecule has 2 aliphatic heterocycles. The molecule has 0 saturated carbocycles. The Balaban J connectivity index is 1.97. The quantitative estimate of drug-likeness (QED) is 0.753. The molecule has 2 aliphatic rings. The molecule has 0 bridgehead atoms. The molecule has 0 N–H and O–H groups in total. The maximum atomic E-state index is 13.0. The summed E-state index contributed by atoms with van der Waals surface area (Å²) in [5.41, 5.74) is 0.148. The van der Waals surface area contributed by atoms with Gasteiger partial charge in [-0.05, 0) is 38.8 Å². The number of morpholine rings is 1. The number of carbonyl (C=O) groups excluding carboxylic acids is 1. The Hall–Kier alpha value is -0.860. The summed E-state index contributed by atoms with van der Waals surface area (Å²) < 4.78 is 32.8. The second-order valence-corrected chi connectivity index (χ2v) is 9.56. The van der Waals surface area contributed by atoms with E-state index in [1.165, 1.54) is 16.4 Å². The van der Waals surface area contributed by atoms with Gasteiger partial charge in [0.15, 0.2) is 0 Å². The molecule has 1 aromatic carbocycles. The summed E-state index contributed by atoms with van der Waals surface area (Å²) in [5.74, 6) is -0.313. The average Bonchev–Trinajstić information content (AvgIpc) is 3.08. The molecule has 0 radical (unpaired) electrons.